The van der Waals surface area contributed by atoms with Crippen molar-refractivity contribution in [1.82, 2.24) is 23.6 Å². The van der Waals surface area contributed by atoms with Gasteiger partial charge in [-0.05, 0) is 24.1 Å². The second-order valence-electron chi connectivity index (χ2n) is 6.71. The molecule has 0 N–H and O–H groups in total. The second-order valence-corrected chi connectivity index (χ2v) is 7.15. The van der Waals surface area contributed by atoms with Crippen LogP contribution < -0.4 is 11.2 Å². The third-order valence-corrected chi connectivity index (χ3v) is 5.31. The zero-order valence-corrected chi connectivity index (χ0v) is 15.5. The molecule has 26 heavy (non-hydrogen) atoms. The standard InChI is InChI=1S/C18H20ClN5O2/c1-21-16-15(17(25)22(2)18(21)26)24-10-9-23(11-14(24)20-16)8-7-12-3-5-13(19)6-4-12/h3-6H,7-11H2,1-2H3. The first kappa shape index (κ1) is 17.1. The van der Waals surface area contributed by atoms with Crippen LogP contribution in [0.1, 0.15) is 11.4 Å². The highest BCUT2D eigenvalue weighted by Crippen LogP contribution is 2.18. The summed E-state index contributed by atoms with van der Waals surface area (Å²) >= 11 is 5.93. The van der Waals surface area contributed by atoms with E-state index in [9.17, 15) is 9.59 Å². The van der Waals surface area contributed by atoms with Crippen molar-refractivity contribution in [1.29, 1.82) is 0 Å². The Labute approximate surface area is 155 Å². The predicted molar refractivity (Wildman–Crippen MR) is 101 cm³/mol. The van der Waals surface area contributed by atoms with Gasteiger partial charge in [0.2, 0.25) is 0 Å². The molecule has 3 heterocycles. The lowest BCUT2D eigenvalue weighted by Gasteiger charge is -2.27. The Morgan fingerprint density at radius 2 is 1.81 bits per heavy atom. The van der Waals surface area contributed by atoms with Gasteiger partial charge in [-0.15, -0.1) is 0 Å². The van der Waals surface area contributed by atoms with E-state index in [0.29, 0.717) is 24.3 Å². The Bertz CT molecular complexity index is 1090. The fourth-order valence-corrected chi connectivity index (χ4v) is 3.63. The number of benzene rings is 1. The number of fused-ring (bicyclic) bond motifs is 3. The number of aryl methyl sites for hydroxylation is 1. The number of halogens is 1. The van der Waals surface area contributed by atoms with Crippen LogP contribution in [0.4, 0.5) is 0 Å². The maximum atomic E-state index is 12.5. The fourth-order valence-electron chi connectivity index (χ4n) is 3.50. The summed E-state index contributed by atoms with van der Waals surface area (Å²) in [5.41, 5.74) is 1.59. The molecule has 2 aromatic heterocycles. The molecule has 0 saturated heterocycles. The fraction of sp³-hybridized carbons (Fsp3) is 0.389. The lowest BCUT2D eigenvalue weighted by Crippen LogP contribution is -2.39. The molecule has 0 atom stereocenters. The summed E-state index contributed by atoms with van der Waals surface area (Å²) in [6.07, 6.45) is 0.928. The molecule has 7 nitrogen and oxygen atoms in total. The van der Waals surface area contributed by atoms with E-state index in [4.69, 9.17) is 11.6 Å². The van der Waals surface area contributed by atoms with Crippen LogP contribution in [-0.4, -0.2) is 36.7 Å². The lowest BCUT2D eigenvalue weighted by molar-refractivity contribution is 0.221. The van der Waals surface area contributed by atoms with Crippen LogP contribution in [0.25, 0.3) is 11.2 Å². The largest absolute Gasteiger partial charge is 0.332 e. The van der Waals surface area contributed by atoms with Gasteiger partial charge in [0, 0.05) is 38.8 Å². The molecule has 0 unspecified atom stereocenters. The zero-order valence-electron chi connectivity index (χ0n) is 14.8. The van der Waals surface area contributed by atoms with Gasteiger partial charge in [0.15, 0.2) is 11.2 Å². The van der Waals surface area contributed by atoms with Gasteiger partial charge in [-0.25, -0.2) is 9.78 Å². The SMILES string of the molecule is Cn1c(=O)c2c(nc3n2CCN(CCc2ccc(Cl)cc2)C3)n(C)c1=O. The summed E-state index contributed by atoms with van der Waals surface area (Å²) in [7, 11) is 3.16. The van der Waals surface area contributed by atoms with Gasteiger partial charge < -0.3 is 4.57 Å². The molecule has 0 bridgehead atoms. The Morgan fingerprint density at radius 3 is 2.54 bits per heavy atom. The van der Waals surface area contributed by atoms with Crippen LogP contribution in [0.2, 0.25) is 5.02 Å². The zero-order chi connectivity index (χ0) is 18.4. The Balaban J connectivity index is 1.60. The highest BCUT2D eigenvalue weighted by Gasteiger charge is 2.24. The van der Waals surface area contributed by atoms with Gasteiger partial charge in [-0.1, -0.05) is 23.7 Å². The molecule has 3 aromatic rings. The summed E-state index contributed by atoms with van der Waals surface area (Å²) < 4.78 is 4.54. The molecule has 0 spiro atoms. The monoisotopic (exact) mass is 373 g/mol. The molecule has 0 radical (unpaired) electrons. The number of aromatic nitrogens is 4. The topological polar surface area (TPSA) is 65.1 Å². The minimum Gasteiger partial charge on any atom is -0.320 e. The molecule has 8 heteroatoms. The maximum Gasteiger partial charge on any atom is 0.332 e. The van der Waals surface area contributed by atoms with E-state index in [-0.39, 0.29) is 11.2 Å². The van der Waals surface area contributed by atoms with Gasteiger partial charge in [-0.2, -0.15) is 0 Å². The number of rotatable bonds is 3. The molecule has 136 valence electrons. The molecule has 1 aliphatic rings. The molecule has 0 saturated carbocycles. The van der Waals surface area contributed by atoms with Crippen molar-refractivity contribution in [2.75, 3.05) is 13.1 Å². The van der Waals surface area contributed by atoms with E-state index in [1.54, 1.807) is 7.05 Å². The Kier molecular flexibility index (Phi) is 4.20. The highest BCUT2D eigenvalue weighted by molar-refractivity contribution is 6.30. The summed E-state index contributed by atoms with van der Waals surface area (Å²) in [5.74, 6) is 0.834. The van der Waals surface area contributed by atoms with Crippen molar-refractivity contribution in [3.63, 3.8) is 0 Å². The molecular formula is C18H20ClN5O2. The smallest absolute Gasteiger partial charge is 0.320 e. The molecule has 1 aromatic carbocycles. The van der Waals surface area contributed by atoms with Crippen LogP contribution >= 0.6 is 11.6 Å². The average molecular weight is 374 g/mol. The van der Waals surface area contributed by atoms with E-state index in [1.807, 2.05) is 28.8 Å². The molecule has 4 rings (SSSR count). The number of nitrogens with zero attached hydrogens (tertiary/aromatic N) is 5. The summed E-state index contributed by atoms with van der Waals surface area (Å²) in [4.78, 5) is 31.5. The number of imidazole rings is 1. The summed E-state index contributed by atoms with van der Waals surface area (Å²) in [5, 5.41) is 0.743. The van der Waals surface area contributed by atoms with Gasteiger partial charge >= 0.3 is 5.69 Å². The van der Waals surface area contributed by atoms with Crippen molar-refractivity contribution in [2.24, 2.45) is 14.1 Å². The van der Waals surface area contributed by atoms with Crippen molar-refractivity contribution in [2.45, 2.75) is 19.5 Å². The lowest BCUT2D eigenvalue weighted by atomic mass is 10.1. The Morgan fingerprint density at radius 1 is 1.08 bits per heavy atom. The van der Waals surface area contributed by atoms with Crippen LogP contribution in [0.5, 0.6) is 0 Å². The Hall–Kier alpha value is -2.38. The molecular weight excluding hydrogens is 354 g/mol. The molecule has 1 aliphatic heterocycles. The van der Waals surface area contributed by atoms with Gasteiger partial charge in [0.25, 0.3) is 5.56 Å². The van der Waals surface area contributed by atoms with Crippen molar-refractivity contribution >= 4 is 22.8 Å². The first-order chi connectivity index (χ1) is 12.5. The average Bonchev–Trinajstić information content (AvgIpc) is 3.03. The number of hydrogen-bond donors (Lipinski definition) is 0. The van der Waals surface area contributed by atoms with Gasteiger partial charge in [0.05, 0.1) is 6.54 Å². The third kappa shape index (κ3) is 2.77. The van der Waals surface area contributed by atoms with E-state index in [2.05, 4.69) is 9.88 Å². The van der Waals surface area contributed by atoms with E-state index in [1.165, 1.54) is 17.2 Å². The third-order valence-electron chi connectivity index (χ3n) is 5.06. The van der Waals surface area contributed by atoms with Gasteiger partial charge in [-0.3, -0.25) is 18.8 Å². The molecule has 0 amide bonds. The van der Waals surface area contributed by atoms with Crippen LogP contribution in [0.3, 0.4) is 0 Å². The predicted octanol–water partition coefficient (Wildman–Crippen LogP) is 1.15. The van der Waals surface area contributed by atoms with Crippen LogP contribution in [0, 0.1) is 0 Å². The van der Waals surface area contributed by atoms with Crippen molar-refractivity contribution in [3.05, 3.63) is 61.5 Å². The van der Waals surface area contributed by atoms with E-state index in [0.717, 1.165) is 34.9 Å². The summed E-state index contributed by atoms with van der Waals surface area (Å²) in [6.45, 7) is 3.11. The quantitative estimate of drug-likeness (QED) is 0.690. The second kappa shape index (κ2) is 6.41. The first-order valence-corrected chi connectivity index (χ1v) is 8.95. The first-order valence-electron chi connectivity index (χ1n) is 8.57. The highest BCUT2D eigenvalue weighted by atomic mass is 35.5. The maximum absolute atomic E-state index is 12.5. The summed E-state index contributed by atoms with van der Waals surface area (Å²) in [6, 6.07) is 7.90. The van der Waals surface area contributed by atoms with E-state index < -0.39 is 0 Å². The number of hydrogen-bond acceptors (Lipinski definition) is 4. The molecule has 0 fully saturated rings. The van der Waals surface area contributed by atoms with Crippen LogP contribution in [-0.2, 0) is 33.6 Å². The van der Waals surface area contributed by atoms with Gasteiger partial charge in [0.1, 0.15) is 5.82 Å². The van der Waals surface area contributed by atoms with Crippen molar-refractivity contribution < 1.29 is 0 Å². The van der Waals surface area contributed by atoms with E-state index >= 15 is 0 Å². The van der Waals surface area contributed by atoms with Crippen LogP contribution in [0.15, 0.2) is 33.9 Å². The minimum absolute atomic E-state index is 0.281. The molecule has 0 aliphatic carbocycles. The normalized spacial score (nSPS) is 14.7. The van der Waals surface area contributed by atoms with Crippen molar-refractivity contribution in [3.8, 4) is 0 Å². The minimum atomic E-state index is -0.349.